The molecule has 0 atom stereocenters. The van der Waals surface area contributed by atoms with E-state index in [0.29, 0.717) is 0 Å². The molecular formula is C13H18N2. The molecule has 0 radical (unpaired) electrons. The quantitative estimate of drug-likeness (QED) is 0.445. The number of hydrogen-bond donors (Lipinski definition) is 0. The van der Waals surface area contributed by atoms with E-state index in [9.17, 15) is 0 Å². The van der Waals surface area contributed by atoms with E-state index < -0.39 is 0 Å². The highest BCUT2D eigenvalue weighted by Crippen LogP contribution is 2.38. The van der Waals surface area contributed by atoms with Crippen LogP contribution in [0.25, 0.3) is 0 Å². The van der Waals surface area contributed by atoms with E-state index in [-0.39, 0.29) is 16.4 Å². The van der Waals surface area contributed by atoms with Crippen LogP contribution in [0.4, 0.5) is 0 Å². The van der Waals surface area contributed by atoms with Crippen molar-refractivity contribution in [3.05, 3.63) is 16.9 Å². The van der Waals surface area contributed by atoms with Crippen LogP contribution in [0.2, 0.25) is 0 Å². The van der Waals surface area contributed by atoms with Crippen molar-refractivity contribution in [3.63, 3.8) is 0 Å². The van der Waals surface area contributed by atoms with Crippen LogP contribution >= 0.6 is 0 Å². The first kappa shape index (κ1) is 13.5. The first-order valence-electron chi connectivity index (χ1n) is 4.95. The third-order valence-corrected chi connectivity index (χ3v) is 1.97. The molecule has 0 rings (SSSR count). The zero-order chi connectivity index (χ0) is 12.3. The second-order valence-electron chi connectivity index (χ2n) is 5.60. The van der Waals surface area contributed by atoms with Gasteiger partial charge in [0, 0.05) is 0 Å². The van der Waals surface area contributed by atoms with Crippen LogP contribution in [-0.4, -0.2) is 0 Å². The van der Waals surface area contributed by atoms with E-state index in [0.717, 1.165) is 5.57 Å². The Bertz CT molecular complexity index is 348. The van der Waals surface area contributed by atoms with Crippen molar-refractivity contribution < 1.29 is 0 Å². The lowest BCUT2D eigenvalue weighted by atomic mass is 9.72. The Labute approximate surface area is 92.5 Å². The van der Waals surface area contributed by atoms with Gasteiger partial charge in [0.05, 0.1) is 0 Å². The average molecular weight is 202 g/mol. The minimum atomic E-state index is -0.0861. The SMILES string of the molecule is CC(C)(C)C(=C=C(C#N)C#N)C(C)(C)C. The molecule has 0 bridgehead atoms. The van der Waals surface area contributed by atoms with E-state index in [1.54, 1.807) is 0 Å². The van der Waals surface area contributed by atoms with E-state index in [2.05, 4.69) is 47.3 Å². The number of nitriles is 2. The predicted octanol–water partition coefficient (Wildman–Crippen LogP) is 3.58. The lowest BCUT2D eigenvalue weighted by Crippen LogP contribution is -2.21. The highest BCUT2D eigenvalue weighted by atomic mass is 14.3. The summed E-state index contributed by atoms with van der Waals surface area (Å²) >= 11 is 0. The average Bonchev–Trinajstić information content (AvgIpc) is 2.01. The van der Waals surface area contributed by atoms with Gasteiger partial charge in [0.25, 0.3) is 0 Å². The van der Waals surface area contributed by atoms with Crippen molar-refractivity contribution in [3.8, 4) is 12.1 Å². The fraction of sp³-hybridized carbons (Fsp3) is 0.615. The molecule has 0 aromatic carbocycles. The van der Waals surface area contributed by atoms with Gasteiger partial charge in [-0.3, -0.25) is 0 Å². The lowest BCUT2D eigenvalue weighted by molar-refractivity contribution is 0.363. The van der Waals surface area contributed by atoms with Crippen LogP contribution in [0.1, 0.15) is 41.5 Å². The molecule has 2 heteroatoms. The van der Waals surface area contributed by atoms with Gasteiger partial charge < -0.3 is 0 Å². The highest BCUT2D eigenvalue weighted by Gasteiger charge is 2.28. The van der Waals surface area contributed by atoms with Gasteiger partial charge in [0.1, 0.15) is 12.1 Å². The second kappa shape index (κ2) is 4.35. The Balaban J connectivity index is 5.89. The molecule has 0 aliphatic carbocycles. The largest absolute Gasteiger partial charge is 0.191 e. The van der Waals surface area contributed by atoms with Gasteiger partial charge in [-0.1, -0.05) is 47.3 Å². The Morgan fingerprint density at radius 2 is 1.13 bits per heavy atom. The maximum absolute atomic E-state index is 8.72. The fourth-order valence-corrected chi connectivity index (χ4v) is 1.71. The molecule has 2 nitrogen and oxygen atoms in total. The molecule has 0 aliphatic heterocycles. The maximum Gasteiger partial charge on any atom is 0.171 e. The smallest absolute Gasteiger partial charge is 0.171 e. The summed E-state index contributed by atoms with van der Waals surface area (Å²) in [4.78, 5) is 0. The molecule has 15 heavy (non-hydrogen) atoms. The van der Waals surface area contributed by atoms with Crippen LogP contribution in [-0.2, 0) is 0 Å². The van der Waals surface area contributed by atoms with Gasteiger partial charge in [-0.05, 0) is 16.4 Å². The molecule has 0 saturated heterocycles. The summed E-state index contributed by atoms with van der Waals surface area (Å²) in [5.74, 6) is 0. The maximum atomic E-state index is 8.72. The normalized spacial score (nSPS) is 10.9. The molecular weight excluding hydrogens is 184 g/mol. The van der Waals surface area contributed by atoms with Crippen molar-refractivity contribution in [2.24, 2.45) is 10.8 Å². The summed E-state index contributed by atoms with van der Waals surface area (Å²) in [5.41, 5.74) is 3.82. The summed E-state index contributed by atoms with van der Waals surface area (Å²) in [5, 5.41) is 17.4. The Morgan fingerprint density at radius 1 is 0.800 bits per heavy atom. The number of nitrogens with zero attached hydrogens (tertiary/aromatic N) is 2. The van der Waals surface area contributed by atoms with Crippen molar-refractivity contribution in [2.45, 2.75) is 41.5 Å². The molecule has 80 valence electrons. The van der Waals surface area contributed by atoms with Crippen LogP contribution < -0.4 is 0 Å². The van der Waals surface area contributed by atoms with Gasteiger partial charge in [0.2, 0.25) is 0 Å². The van der Waals surface area contributed by atoms with Crippen LogP contribution in [0.5, 0.6) is 0 Å². The molecule has 0 unspecified atom stereocenters. The number of allylic oxidation sites excluding steroid dienone is 1. The van der Waals surface area contributed by atoms with Gasteiger partial charge in [0.15, 0.2) is 5.57 Å². The molecule has 0 fully saturated rings. The number of rotatable bonds is 0. The Morgan fingerprint density at radius 3 is 1.33 bits per heavy atom. The van der Waals surface area contributed by atoms with Crippen LogP contribution in [0.3, 0.4) is 0 Å². The van der Waals surface area contributed by atoms with Gasteiger partial charge >= 0.3 is 0 Å². The molecule has 0 spiro atoms. The van der Waals surface area contributed by atoms with Crippen molar-refractivity contribution in [2.75, 3.05) is 0 Å². The highest BCUT2D eigenvalue weighted by molar-refractivity contribution is 5.37. The minimum absolute atomic E-state index is 0.0508. The zero-order valence-corrected chi connectivity index (χ0v) is 10.4. The summed E-state index contributed by atoms with van der Waals surface area (Å²) in [7, 11) is 0. The molecule has 0 saturated carbocycles. The molecule has 0 aliphatic rings. The second-order valence-corrected chi connectivity index (χ2v) is 5.60. The molecule has 0 N–H and O–H groups in total. The van der Waals surface area contributed by atoms with Crippen LogP contribution in [0, 0.1) is 33.5 Å². The molecule has 0 heterocycles. The van der Waals surface area contributed by atoms with Crippen molar-refractivity contribution in [1.29, 1.82) is 10.5 Å². The minimum Gasteiger partial charge on any atom is -0.191 e. The summed E-state index contributed by atoms with van der Waals surface area (Å²) in [6.07, 6.45) is 0. The zero-order valence-electron chi connectivity index (χ0n) is 10.4. The van der Waals surface area contributed by atoms with Gasteiger partial charge in [-0.15, -0.1) is 0 Å². The van der Waals surface area contributed by atoms with E-state index in [1.165, 1.54) is 0 Å². The molecule has 0 aromatic rings. The first-order valence-corrected chi connectivity index (χ1v) is 4.95. The molecule has 0 aromatic heterocycles. The van der Waals surface area contributed by atoms with E-state index >= 15 is 0 Å². The summed E-state index contributed by atoms with van der Waals surface area (Å²) < 4.78 is 0. The fourth-order valence-electron chi connectivity index (χ4n) is 1.71. The van der Waals surface area contributed by atoms with E-state index in [4.69, 9.17) is 10.5 Å². The third-order valence-electron chi connectivity index (χ3n) is 1.97. The topological polar surface area (TPSA) is 47.6 Å². The third kappa shape index (κ3) is 4.03. The molecule has 0 amide bonds. The predicted molar refractivity (Wildman–Crippen MR) is 60.7 cm³/mol. The standard InChI is InChI=1S/C13H18N2/c1-12(2,3)11(13(4,5)6)7-10(8-14)9-15/h1-6H3. The van der Waals surface area contributed by atoms with Crippen LogP contribution in [0.15, 0.2) is 16.9 Å². The Kier molecular flexibility index (Phi) is 3.91. The van der Waals surface area contributed by atoms with Gasteiger partial charge in [-0.2, -0.15) is 10.5 Å². The lowest BCUT2D eigenvalue weighted by Gasteiger charge is -2.31. The van der Waals surface area contributed by atoms with Gasteiger partial charge in [-0.25, -0.2) is 0 Å². The summed E-state index contributed by atoms with van der Waals surface area (Å²) in [6, 6.07) is 3.70. The van der Waals surface area contributed by atoms with Crippen molar-refractivity contribution in [1.82, 2.24) is 0 Å². The summed E-state index contributed by atoms with van der Waals surface area (Å²) in [6.45, 7) is 12.4. The van der Waals surface area contributed by atoms with Crippen molar-refractivity contribution >= 4 is 0 Å². The number of hydrogen-bond acceptors (Lipinski definition) is 2. The van der Waals surface area contributed by atoms with E-state index in [1.807, 2.05) is 12.1 Å². The first-order chi connectivity index (χ1) is 6.62. The Hall–Kier alpha value is -1.50. The monoisotopic (exact) mass is 202 g/mol.